The van der Waals surface area contributed by atoms with E-state index in [2.05, 4.69) is 30.1 Å². The van der Waals surface area contributed by atoms with Crippen LogP contribution in [0.1, 0.15) is 5.69 Å². The standard InChI is InChI=1S/C13H11F3N6O3S/c1-8-6-11(22-12(19-8)17-7-18-22)20-21-26(23,24)10-4-2-9(3-5-10)25-13(14,15)16/h2-7,20-21H,1H3. The molecule has 0 fully saturated rings. The van der Waals surface area contributed by atoms with Gasteiger partial charge in [-0.1, -0.05) is 0 Å². The number of ether oxygens (including phenoxy) is 1. The van der Waals surface area contributed by atoms with Gasteiger partial charge in [0.15, 0.2) is 0 Å². The van der Waals surface area contributed by atoms with Crippen molar-refractivity contribution in [3.8, 4) is 5.75 Å². The van der Waals surface area contributed by atoms with E-state index in [1.807, 2.05) is 0 Å². The van der Waals surface area contributed by atoms with Crippen molar-refractivity contribution in [3.63, 3.8) is 0 Å². The number of benzene rings is 1. The zero-order valence-electron chi connectivity index (χ0n) is 13.0. The molecular weight excluding hydrogens is 377 g/mol. The molecule has 0 atom stereocenters. The minimum absolute atomic E-state index is 0.255. The van der Waals surface area contributed by atoms with Gasteiger partial charge in [-0.2, -0.15) is 14.6 Å². The van der Waals surface area contributed by atoms with Gasteiger partial charge < -0.3 is 4.74 Å². The lowest BCUT2D eigenvalue weighted by molar-refractivity contribution is -0.274. The minimum Gasteiger partial charge on any atom is -0.406 e. The SMILES string of the molecule is Cc1cc(NNS(=O)(=O)c2ccc(OC(F)(F)F)cc2)n2ncnc2n1. The lowest BCUT2D eigenvalue weighted by atomic mass is 10.3. The third-order valence-corrected chi connectivity index (χ3v) is 4.32. The van der Waals surface area contributed by atoms with Crippen LogP contribution < -0.4 is 15.0 Å². The van der Waals surface area contributed by atoms with Gasteiger partial charge in [0.05, 0.1) is 4.90 Å². The number of anilines is 1. The molecule has 0 aliphatic heterocycles. The fourth-order valence-electron chi connectivity index (χ4n) is 2.02. The summed E-state index contributed by atoms with van der Waals surface area (Å²) in [5.41, 5.74) is 3.05. The number of fused-ring (bicyclic) bond motifs is 1. The first kappa shape index (κ1) is 17.9. The van der Waals surface area contributed by atoms with Crippen molar-refractivity contribution in [2.24, 2.45) is 0 Å². The number of aryl methyl sites for hydroxylation is 1. The zero-order valence-corrected chi connectivity index (χ0v) is 13.8. The van der Waals surface area contributed by atoms with Gasteiger partial charge in [0.2, 0.25) is 0 Å². The summed E-state index contributed by atoms with van der Waals surface area (Å²) in [7, 11) is -4.06. The molecule has 13 heteroatoms. The molecule has 0 aliphatic carbocycles. The fourth-order valence-corrected chi connectivity index (χ4v) is 2.87. The maximum absolute atomic E-state index is 12.3. The summed E-state index contributed by atoms with van der Waals surface area (Å²) in [4.78, 5) is 9.85. The third kappa shape index (κ3) is 4.00. The smallest absolute Gasteiger partial charge is 0.406 e. The lowest BCUT2D eigenvalue weighted by Gasteiger charge is -2.12. The molecule has 2 heterocycles. The number of nitrogens with one attached hydrogen (secondary N) is 2. The van der Waals surface area contributed by atoms with E-state index in [9.17, 15) is 21.6 Å². The molecule has 2 aromatic heterocycles. The van der Waals surface area contributed by atoms with Crippen molar-refractivity contribution < 1.29 is 26.3 Å². The topological polar surface area (TPSA) is 111 Å². The average molecular weight is 388 g/mol. The number of hydrogen-bond donors (Lipinski definition) is 2. The van der Waals surface area contributed by atoms with Gasteiger partial charge in [-0.05, 0) is 31.2 Å². The largest absolute Gasteiger partial charge is 0.573 e. The Hall–Kier alpha value is -2.93. The third-order valence-electron chi connectivity index (χ3n) is 3.06. The van der Waals surface area contributed by atoms with E-state index in [0.29, 0.717) is 5.69 Å². The van der Waals surface area contributed by atoms with Gasteiger partial charge in [-0.25, -0.2) is 13.4 Å². The van der Waals surface area contributed by atoms with Crippen LogP contribution in [0.5, 0.6) is 5.75 Å². The Morgan fingerprint density at radius 1 is 1.19 bits per heavy atom. The highest BCUT2D eigenvalue weighted by Crippen LogP contribution is 2.23. The number of hydrazine groups is 1. The molecule has 0 radical (unpaired) electrons. The molecule has 0 aliphatic rings. The number of alkyl halides is 3. The number of rotatable bonds is 5. The summed E-state index contributed by atoms with van der Waals surface area (Å²) in [6.45, 7) is 1.69. The molecule has 3 rings (SSSR count). The van der Waals surface area contributed by atoms with Crippen LogP contribution in [0, 0.1) is 6.92 Å². The van der Waals surface area contributed by atoms with Crippen LogP contribution >= 0.6 is 0 Å². The molecule has 138 valence electrons. The van der Waals surface area contributed by atoms with E-state index in [0.717, 1.165) is 24.3 Å². The molecule has 0 saturated heterocycles. The fraction of sp³-hybridized carbons (Fsp3) is 0.154. The summed E-state index contributed by atoms with van der Waals surface area (Å²) < 4.78 is 65.9. The van der Waals surface area contributed by atoms with Gasteiger partial charge in [0.1, 0.15) is 17.9 Å². The first-order valence-corrected chi connectivity index (χ1v) is 8.43. The van der Waals surface area contributed by atoms with Gasteiger partial charge in [0.25, 0.3) is 15.8 Å². The van der Waals surface area contributed by atoms with E-state index in [-0.39, 0.29) is 16.5 Å². The van der Waals surface area contributed by atoms with Crippen molar-refractivity contribution in [3.05, 3.63) is 42.4 Å². The van der Waals surface area contributed by atoms with Crippen LogP contribution in [0.15, 0.2) is 41.6 Å². The summed E-state index contributed by atoms with van der Waals surface area (Å²) >= 11 is 0. The highest BCUT2D eigenvalue weighted by molar-refractivity contribution is 7.89. The molecule has 0 unspecified atom stereocenters. The number of aromatic nitrogens is 4. The van der Waals surface area contributed by atoms with E-state index >= 15 is 0 Å². The Labute approximate surface area is 144 Å². The lowest BCUT2D eigenvalue weighted by Crippen LogP contribution is -2.30. The quantitative estimate of drug-likeness (QED) is 0.639. The van der Waals surface area contributed by atoms with Crippen LogP contribution in [0.3, 0.4) is 0 Å². The summed E-state index contributed by atoms with van der Waals surface area (Å²) in [5.74, 6) is -0.00978. The van der Waals surface area contributed by atoms with E-state index in [1.54, 1.807) is 6.92 Å². The average Bonchev–Trinajstić information content (AvgIpc) is 3.00. The van der Waals surface area contributed by atoms with Crippen molar-refractivity contribution in [1.82, 2.24) is 24.4 Å². The predicted octanol–water partition coefficient (Wildman–Crippen LogP) is 1.64. The zero-order chi connectivity index (χ0) is 18.9. The van der Waals surface area contributed by atoms with Crippen LogP contribution in [0.2, 0.25) is 0 Å². The number of sulfonamides is 1. The number of nitrogens with zero attached hydrogens (tertiary/aromatic N) is 4. The maximum Gasteiger partial charge on any atom is 0.573 e. The molecule has 26 heavy (non-hydrogen) atoms. The Balaban J connectivity index is 1.77. The van der Waals surface area contributed by atoms with Gasteiger partial charge in [-0.15, -0.1) is 18.0 Å². The van der Waals surface area contributed by atoms with Gasteiger partial charge in [-0.3, -0.25) is 5.43 Å². The molecule has 9 nitrogen and oxygen atoms in total. The molecular formula is C13H11F3N6O3S. The van der Waals surface area contributed by atoms with Gasteiger partial charge in [0, 0.05) is 11.8 Å². The molecule has 0 saturated carbocycles. The Kier molecular flexibility index (Phi) is 4.41. The molecule has 2 N–H and O–H groups in total. The second kappa shape index (κ2) is 6.42. The molecule has 0 amide bonds. The monoisotopic (exact) mass is 388 g/mol. The van der Waals surface area contributed by atoms with E-state index in [4.69, 9.17) is 0 Å². The Morgan fingerprint density at radius 3 is 2.54 bits per heavy atom. The van der Waals surface area contributed by atoms with Crippen LogP contribution in [0.25, 0.3) is 5.78 Å². The number of halogens is 3. The van der Waals surface area contributed by atoms with Crippen LogP contribution in [-0.4, -0.2) is 34.4 Å². The Morgan fingerprint density at radius 2 is 1.88 bits per heavy atom. The summed E-state index contributed by atoms with van der Waals surface area (Å²) in [5, 5.41) is 3.90. The minimum atomic E-state index is -4.86. The van der Waals surface area contributed by atoms with Crippen LogP contribution in [0.4, 0.5) is 19.0 Å². The number of hydrogen-bond acceptors (Lipinski definition) is 7. The Bertz CT molecular complexity index is 1030. The summed E-state index contributed by atoms with van der Waals surface area (Å²) in [6, 6.07) is 5.29. The van der Waals surface area contributed by atoms with Crippen molar-refractivity contribution in [1.29, 1.82) is 0 Å². The van der Waals surface area contributed by atoms with Crippen molar-refractivity contribution in [2.45, 2.75) is 18.2 Å². The highest BCUT2D eigenvalue weighted by Gasteiger charge is 2.31. The first-order chi connectivity index (χ1) is 12.1. The second-order valence-electron chi connectivity index (χ2n) is 5.00. The molecule has 1 aromatic carbocycles. The first-order valence-electron chi connectivity index (χ1n) is 6.95. The molecule has 0 spiro atoms. The summed E-state index contributed by atoms with van der Waals surface area (Å²) in [6.07, 6.45) is -3.61. The normalized spacial score (nSPS) is 12.3. The van der Waals surface area contributed by atoms with E-state index in [1.165, 1.54) is 16.9 Å². The molecule has 0 bridgehead atoms. The maximum atomic E-state index is 12.3. The van der Waals surface area contributed by atoms with Gasteiger partial charge >= 0.3 is 6.36 Å². The van der Waals surface area contributed by atoms with Crippen molar-refractivity contribution in [2.75, 3.05) is 5.43 Å². The molecule has 3 aromatic rings. The van der Waals surface area contributed by atoms with Crippen LogP contribution in [-0.2, 0) is 10.0 Å². The van der Waals surface area contributed by atoms with Crippen molar-refractivity contribution >= 4 is 21.6 Å². The second-order valence-corrected chi connectivity index (χ2v) is 6.69. The predicted molar refractivity (Wildman–Crippen MR) is 82.6 cm³/mol. The highest BCUT2D eigenvalue weighted by atomic mass is 32.2. The van der Waals surface area contributed by atoms with E-state index < -0.39 is 22.1 Å².